The van der Waals surface area contributed by atoms with Crippen molar-refractivity contribution in [1.82, 2.24) is 0 Å². The topological polar surface area (TPSA) is 26.3 Å². The SMILES string of the molecule is CCCCC(=O)OCCCCCc1cccc(C(C)(C)C)c1. The van der Waals surface area contributed by atoms with Gasteiger partial charge >= 0.3 is 5.97 Å². The molecular formula is C20H32O2. The van der Waals surface area contributed by atoms with E-state index < -0.39 is 0 Å². The van der Waals surface area contributed by atoms with Crippen molar-refractivity contribution in [2.24, 2.45) is 0 Å². The largest absolute Gasteiger partial charge is 0.466 e. The van der Waals surface area contributed by atoms with Crippen LogP contribution in [-0.4, -0.2) is 12.6 Å². The van der Waals surface area contributed by atoms with Crippen LogP contribution >= 0.6 is 0 Å². The first-order chi connectivity index (χ1) is 10.4. The maximum absolute atomic E-state index is 11.4. The molecule has 22 heavy (non-hydrogen) atoms. The molecule has 0 N–H and O–H groups in total. The van der Waals surface area contributed by atoms with E-state index in [1.807, 2.05) is 0 Å². The molecule has 1 aromatic carbocycles. The molecule has 0 unspecified atom stereocenters. The van der Waals surface area contributed by atoms with Crippen LogP contribution in [0.1, 0.15) is 77.3 Å². The summed E-state index contributed by atoms with van der Waals surface area (Å²) in [6, 6.07) is 8.90. The second kappa shape index (κ2) is 9.66. The number of benzene rings is 1. The Bertz CT molecular complexity index is 443. The summed E-state index contributed by atoms with van der Waals surface area (Å²) in [5, 5.41) is 0. The van der Waals surface area contributed by atoms with E-state index in [2.05, 4.69) is 52.0 Å². The van der Waals surface area contributed by atoms with Gasteiger partial charge in [0.15, 0.2) is 0 Å². The van der Waals surface area contributed by atoms with E-state index in [0.29, 0.717) is 13.0 Å². The van der Waals surface area contributed by atoms with Crippen molar-refractivity contribution < 1.29 is 9.53 Å². The zero-order valence-corrected chi connectivity index (χ0v) is 14.8. The van der Waals surface area contributed by atoms with Crippen LogP contribution in [0.4, 0.5) is 0 Å². The van der Waals surface area contributed by atoms with Crippen LogP contribution in [-0.2, 0) is 21.4 Å². The summed E-state index contributed by atoms with van der Waals surface area (Å²) >= 11 is 0. The van der Waals surface area contributed by atoms with E-state index in [0.717, 1.165) is 38.5 Å². The van der Waals surface area contributed by atoms with Crippen molar-refractivity contribution >= 4 is 5.97 Å². The quantitative estimate of drug-likeness (QED) is 0.449. The Hall–Kier alpha value is -1.31. The Morgan fingerprint density at radius 2 is 1.86 bits per heavy atom. The fourth-order valence-corrected chi connectivity index (χ4v) is 2.38. The maximum Gasteiger partial charge on any atom is 0.305 e. The molecule has 0 saturated heterocycles. The number of carbonyl (C=O) groups is 1. The van der Waals surface area contributed by atoms with Gasteiger partial charge in [0.25, 0.3) is 0 Å². The Balaban J connectivity index is 2.19. The first-order valence-electron chi connectivity index (χ1n) is 8.68. The summed E-state index contributed by atoms with van der Waals surface area (Å²) in [7, 11) is 0. The fourth-order valence-electron chi connectivity index (χ4n) is 2.38. The number of ether oxygens (including phenoxy) is 1. The van der Waals surface area contributed by atoms with Crippen molar-refractivity contribution in [1.29, 1.82) is 0 Å². The summed E-state index contributed by atoms with van der Waals surface area (Å²) < 4.78 is 5.22. The van der Waals surface area contributed by atoms with Gasteiger partial charge in [-0.3, -0.25) is 4.79 Å². The van der Waals surface area contributed by atoms with E-state index >= 15 is 0 Å². The first-order valence-corrected chi connectivity index (χ1v) is 8.68. The zero-order chi connectivity index (χ0) is 16.4. The summed E-state index contributed by atoms with van der Waals surface area (Å²) in [4.78, 5) is 11.4. The lowest BCUT2D eigenvalue weighted by molar-refractivity contribution is -0.143. The predicted octanol–water partition coefficient (Wildman–Crippen LogP) is 5.43. The van der Waals surface area contributed by atoms with E-state index in [1.54, 1.807) is 0 Å². The summed E-state index contributed by atoms with van der Waals surface area (Å²) in [5.41, 5.74) is 3.02. The molecule has 0 aliphatic rings. The molecule has 124 valence electrons. The fraction of sp³-hybridized carbons (Fsp3) is 0.650. The van der Waals surface area contributed by atoms with Crippen LogP contribution in [0.5, 0.6) is 0 Å². The molecule has 2 nitrogen and oxygen atoms in total. The van der Waals surface area contributed by atoms with Crippen LogP contribution in [0.3, 0.4) is 0 Å². The Morgan fingerprint density at radius 3 is 2.55 bits per heavy atom. The van der Waals surface area contributed by atoms with Crippen LogP contribution in [0.25, 0.3) is 0 Å². The first kappa shape index (κ1) is 18.7. The van der Waals surface area contributed by atoms with Crippen molar-refractivity contribution in [3.63, 3.8) is 0 Å². The number of carbonyl (C=O) groups excluding carboxylic acids is 1. The Morgan fingerprint density at radius 1 is 1.09 bits per heavy atom. The molecule has 0 amide bonds. The monoisotopic (exact) mass is 304 g/mol. The van der Waals surface area contributed by atoms with Gasteiger partial charge < -0.3 is 4.74 Å². The zero-order valence-electron chi connectivity index (χ0n) is 14.8. The predicted molar refractivity (Wildman–Crippen MR) is 93.2 cm³/mol. The lowest BCUT2D eigenvalue weighted by atomic mass is 9.86. The van der Waals surface area contributed by atoms with Gasteiger partial charge in [0.05, 0.1) is 6.61 Å². The highest BCUT2D eigenvalue weighted by molar-refractivity contribution is 5.69. The lowest BCUT2D eigenvalue weighted by Gasteiger charge is -2.19. The number of unbranched alkanes of at least 4 members (excludes halogenated alkanes) is 3. The molecule has 2 heteroatoms. The average molecular weight is 304 g/mol. The minimum Gasteiger partial charge on any atom is -0.466 e. The summed E-state index contributed by atoms with van der Waals surface area (Å²) in [5.74, 6) is -0.0419. The third-order valence-electron chi connectivity index (χ3n) is 3.90. The van der Waals surface area contributed by atoms with Crippen LogP contribution in [0.2, 0.25) is 0 Å². The van der Waals surface area contributed by atoms with Crippen LogP contribution in [0, 0.1) is 0 Å². The maximum atomic E-state index is 11.4. The van der Waals surface area contributed by atoms with Gasteiger partial charge in [0, 0.05) is 6.42 Å². The normalized spacial score (nSPS) is 11.5. The molecule has 0 bridgehead atoms. The highest BCUT2D eigenvalue weighted by Crippen LogP contribution is 2.23. The molecule has 0 aliphatic heterocycles. The third kappa shape index (κ3) is 7.63. The Kier molecular flexibility index (Phi) is 8.22. The molecule has 0 aliphatic carbocycles. The smallest absolute Gasteiger partial charge is 0.305 e. The van der Waals surface area contributed by atoms with Crippen LogP contribution in [0.15, 0.2) is 24.3 Å². The average Bonchev–Trinajstić information content (AvgIpc) is 2.48. The second-order valence-corrected chi connectivity index (χ2v) is 7.09. The highest BCUT2D eigenvalue weighted by Gasteiger charge is 2.13. The molecular weight excluding hydrogens is 272 g/mol. The van der Waals surface area contributed by atoms with Gasteiger partial charge in [-0.2, -0.15) is 0 Å². The molecule has 0 heterocycles. The van der Waals surface area contributed by atoms with Crippen LogP contribution < -0.4 is 0 Å². The third-order valence-corrected chi connectivity index (χ3v) is 3.90. The Labute approximate surface area is 136 Å². The number of esters is 1. The van der Waals surface area contributed by atoms with E-state index in [-0.39, 0.29) is 11.4 Å². The van der Waals surface area contributed by atoms with Crippen molar-refractivity contribution in [2.75, 3.05) is 6.61 Å². The molecule has 0 spiro atoms. The van der Waals surface area contributed by atoms with Gasteiger partial charge in [0.2, 0.25) is 0 Å². The van der Waals surface area contributed by atoms with Crippen molar-refractivity contribution in [2.45, 2.75) is 78.1 Å². The van der Waals surface area contributed by atoms with Gasteiger partial charge in [-0.15, -0.1) is 0 Å². The van der Waals surface area contributed by atoms with E-state index in [9.17, 15) is 4.79 Å². The number of hydrogen-bond acceptors (Lipinski definition) is 2. The molecule has 1 aromatic rings. The summed E-state index contributed by atoms with van der Waals surface area (Å²) in [6.45, 7) is 9.41. The van der Waals surface area contributed by atoms with Crippen molar-refractivity contribution in [3.05, 3.63) is 35.4 Å². The van der Waals surface area contributed by atoms with Crippen molar-refractivity contribution in [3.8, 4) is 0 Å². The van der Waals surface area contributed by atoms with Gasteiger partial charge in [0.1, 0.15) is 0 Å². The number of aryl methyl sites for hydroxylation is 1. The molecule has 1 rings (SSSR count). The van der Waals surface area contributed by atoms with Gasteiger partial charge in [-0.05, 0) is 48.6 Å². The molecule has 0 atom stereocenters. The minimum atomic E-state index is -0.0419. The summed E-state index contributed by atoms with van der Waals surface area (Å²) in [6.07, 6.45) is 6.88. The molecule has 0 radical (unpaired) electrons. The van der Waals surface area contributed by atoms with Gasteiger partial charge in [-0.25, -0.2) is 0 Å². The standard InChI is InChI=1S/C20H32O2/c1-5-6-14-19(21)22-15-9-7-8-11-17-12-10-13-18(16-17)20(2,3)4/h10,12-13,16H,5-9,11,14-15H2,1-4H3. The molecule has 0 fully saturated rings. The minimum absolute atomic E-state index is 0.0419. The number of rotatable bonds is 9. The number of hydrogen-bond donors (Lipinski definition) is 0. The highest BCUT2D eigenvalue weighted by atomic mass is 16.5. The van der Waals surface area contributed by atoms with E-state index in [1.165, 1.54) is 11.1 Å². The van der Waals surface area contributed by atoms with Gasteiger partial charge in [-0.1, -0.05) is 58.4 Å². The lowest BCUT2D eigenvalue weighted by Crippen LogP contribution is -2.11. The molecule has 0 saturated carbocycles. The van der Waals surface area contributed by atoms with E-state index in [4.69, 9.17) is 4.74 Å². The second-order valence-electron chi connectivity index (χ2n) is 7.09. The molecule has 0 aromatic heterocycles.